The number of aryl methyl sites for hydroxylation is 1. The van der Waals surface area contributed by atoms with Gasteiger partial charge in [-0.1, -0.05) is 18.5 Å². The second-order valence-electron chi connectivity index (χ2n) is 4.86. The molecule has 3 rings (SSSR count). The monoisotopic (exact) mass is 301 g/mol. The lowest BCUT2D eigenvalue weighted by Gasteiger charge is -2.09. The third-order valence-electron chi connectivity index (χ3n) is 3.46. The van der Waals surface area contributed by atoms with Crippen LogP contribution in [0, 0.1) is 6.92 Å². The average molecular weight is 302 g/mol. The van der Waals surface area contributed by atoms with Gasteiger partial charge in [-0.25, -0.2) is 9.97 Å². The predicted octanol–water partition coefficient (Wildman–Crippen LogP) is 4.46. The van der Waals surface area contributed by atoms with E-state index in [2.05, 4.69) is 15.3 Å². The summed E-state index contributed by atoms with van der Waals surface area (Å²) in [4.78, 5) is 9.09. The van der Waals surface area contributed by atoms with Gasteiger partial charge in [0.05, 0.1) is 0 Å². The molecule has 4 nitrogen and oxygen atoms in total. The van der Waals surface area contributed by atoms with Gasteiger partial charge in [0.1, 0.15) is 22.9 Å². The third-order valence-corrected chi connectivity index (χ3v) is 3.69. The number of nitrogens with one attached hydrogen (secondary N) is 1. The average Bonchev–Trinajstić information content (AvgIpc) is 2.90. The van der Waals surface area contributed by atoms with Crippen molar-refractivity contribution in [2.45, 2.75) is 20.3 Å². The van der Waals surface area contributed by atoms with Crippen LogP contribution < -0.4 is 5.32 Å². The molecule has 1 aromatic carbocycles. The Labute approximate surface area is 128 Å². The molecular weight excluding hydrogens is 286 g/mol. The van der Waals surface area contributed by atoms with Crippen LogP contribution in [0.5, 0.6) is 0 Å². The molecule has 1 N–H and O–H groups in total. The number of fused-ring (bicyclic) bond motifs is 1. The summed E-state index contributed by atoms with van der Waals surface area (Å²) in [6, 6.07) is 7.55. The maximum atomic E-state index is 6.02. The molecule has 0 aliphatic carbocycles. The number of rotatable bonds is 3. The van der Waals surface area contributed by atoms with Gasteiger partial charge in [0.25, 0.3) is 0 Å². The molecule has 0 spiro atoms. The van der Waals surface area contributed by atoms with Crippen molar-refractivity contribution < 1.29 is 4.42 Å². The minimum atomic E-state index is 0.694. The Kier molecular flexibility index (Phi) is 3.55. The van der Waals surface area contributed by atoms with Crippen molar-refractivity contribution in [1.82, 2.24) is 9.97 Å². The zero-order valence-electron chi connectivity index (χ0n) is 12.2. The number of hydrogen-bond acceptors (Lipinski definition) is 4. The minimum absolute atomic E-state index is 0.694. The number of hydrogen-bond donors (Lipinski definition) is 1. The summed E-state index contributed by atoms with van der Waals surface area (Å²) in [5.74, 6) is 2.35. The van der Waals surface area contributed by atoms with E-state index in [0.29, 0.717) is 5.02 Å². The Morgan fingerprint density at radius 2 is 2.05 bits per heavy atom. The molecule has 0 bridgehead atoms. The molecule has 0 saturated heterocycles. The molecular formula is C16H16ClN3O. The maximum Gasteiger partial charge on any atom is 0.154 e. The maximum absolute atomic E-state index is 6.02. The second-order valence-corrected chi connectivity index (χ2v) is 5.29. The van der Waals surface area contributed by atoms with Crippen LogP contribution in [0.1, 0.15) is 18.3 Å². The van der Waals surface area contributed by atoms with E-state index in [4.69, 9.17) is 16.0 Å². The van der Waals surface area contributed by atoms with Crippen LogP contribution >= 0.6 is 11.6 Å². The number of benzene rings is 1. The lowest BCUT2D eigenvalue weighted by atomic mass is 10.1. The van der Waals surface area contributed by atoms with Gasteiger partial charge in [0.2, 0.25) is 0 Å². The fourth-order valence-corrected chi connectivity index (χ4v) is 2.52. The summed E-state index contributed by atoms with van der Waals surface area (Å²) >= 11 is 6.02. The van der Waals surface area contributed by atoms with Gasteiger partial charge >= 0.3 is 0 Å². The van der Waals surface area contributed by atoms with E-state index < -0.39 is 0 Å². The third kappa shape index (κ3) is 2.47. The first kappa shape index (κ1) is 13.9. The van der Waals surface area contributed by atoms with E-state index in [0.717, 1.165) is 46.0 Å². The van der Waals surface area contributed by atoms with Crippen LogP contribution in [0.3, 0.4) is 0 Å². The summed E-state index contributed by atoms with van der Waals surface area (Å²) < 4.78 is 5.91. The molecule has 108 valence electrons. The Morgan fingerprint density at radius 3 is 2.76 bits per heavy atom. The Morgan fingerprint density at radius 1 is 1.24 bits per heavy atom. The van der Waals surface area contributed by atoms with E-state index in [-0.39, 0.29) is 0 Å². The van der Waals surface area contributed by atoms with Gasteiger partial charge in [0, 0.05) is 29.4 Å². The van der Waals surface area contributed by atoms with Gasteiger partial charge in [-0.3, -0.25) is 0 Å². The summed E-state index contributed by atoms with van der Waals surface area (Å²) in [5, 5.41) is 4.77. The van der Waals surface area contributed by atoms with Crippen molar-refractivity contribution in [2.75, 3.05) is 12.4 Å². The molecule has 2 heterocycles. The number of anilines is 1. The zero-order valence-corrected chi connectivity index (χ0v) is 13.0. The molecule has 0 saturated carbocycles. The van der Waals surface area contributed by atoms with Crippen LogP contribution in [0.4, 0.5) is 5.82 Å². The van der Waals surface area contributed by atoms with Gasteiger partial charge in [-0.15, -0.1) is 0 Å². The quantitative estimate of drug-likeness (QED) is 0.776. The van der Waals surface area contributed by atoms with Gasteiger partial charge < -0.3 is 9.73 Å². The largest absolute Gasteiger partial charge is 0.454 e. The molecule has 3 aromatic rings. The van der Waals surface area contributed by atoms with Crippen molar-refractivity contribution in [1.29, 1.82) is 0 Å². The van der Waals surface area contributed by atoms with Crippen molar-refractivity contribution >= 4 is 28.4 Å². The molecule has 0 atom stereocenters. The molecule has 0 fully saturated rings. The molecule has 0 radical (unpaired) electrons. The van der Waals surface area contributed by atoms with E-state index >= 15 is 0 Å². The van der Waals surface area contributed by atoms with Gasteiger partial charge in [-0.05, 0) is 31.2 Å². The lowest BCUT2D eigenvalue weighted by Crippen LogP contribution is -2.04. The van der Waals surface area contributed by atoms with E-state index in [1.807, 2.05) is 45.2 Å². The lowest BCUT2D eigenvalue weighted by molar-refractivity contribution is 0.627. The fourth-order valence-electron chi connectivity index (χ4n) is 2.34. The predicted molar refractivity (Wildman–Crippen MR) is 85.9 cm³/mol. The molecule has 0 unspecified atom stereocenters. The summed E-state index contributed by atoms with van der Waals surface area (Å²) in [5.41, 5.74) is 2.59. The van der Waals surface area contributed by atoms with Crippen LogP contribution in [0.15, 0.2) is 28.7 Å². The van der Waals surface area contributed by atoms with Crippen molar-refractivity contribution in [3.8, 4) is 11.5 Å². The zero-order chi connectivity index (χ0) is 15.0. The highest BCUT2D eigenvalue weighted by Crippen LogP contribution is 2.32. The summed E-state index contributed by atoms with van der Waals surface area (Å²) in [7, 11) is 1.86. The van der Waals surface area contributed by atoms with E-state index in [9.17, 15) is 0 Å². The van der Waals surface area contributed by atoms with Crippen LogP contribution in [-0.4, -0.2) is 17.0 Å². The standard InChI is InChI=1S/C16H16ClN3O/c1-4-14-19-15(9(2)16(18-3)20-14)13-8-10-7-11(17)5-6-12(10)21-13/h5-8H,4H2,1-3H3,(H,18,19,20). The Hall–Kier alpha value is -2.07. The highest BCUT2D eigenvalue weighted by molar-refractivity contribution is 6.31. The first-order valence-electron chi connectivity index (χ1n) is 6.87. The first-order chi connectivity index (χ1) is 10.1. The molecule has 0 aliphatic heterocycles. The van der Waals surface area contributed by atoms with Crippen LogP contribution in [0.2, 0.25) is 5.02 Å². The van der Waals surface area contributed by atoms with E-state index in [1.54, 1.807) is 0 Å². The topological polar surface area (TPSA) is 51.0 Å². The van der Waals surface area contributed by atoms with Crippen LogP contribution in [0.25, 0.3) is 22.4 Å². The second kappa shape index (κ2) is 5.37. The molecule has 2 aromatic heterocycles. The molecule has 5 heteroatoms. The Balaban J connectivity index is 2.21. The molecule has 0 aliphatic rings. The fraction of sp³-hybridized carbons (Fsp3) is 0.250. The highest BCUT2D eigenvalue weighted by Gasteiger charge is 2.15. The van der Waals surface area contributed by atoms with Crippen LogP contribution in [-0.2, 0) is 6.42 Å². The van der Waals surface area contributed by atoms with E-state index in [1.165, 1.54) is 0 Å². The molecule has 0 amide bonds. The Bertz CT molecular complexity index is 811. The number of nitrogens with zero attached hydrogens (tertiary/aromatic N) is 2. The summed E-state index contributed by atoms with van der Waals surface area (Å²) in [6.07, 6.45) is 0.772. The van der Waals surface area contributed by atoms with Gasteiger partial charge in [-0.2, -0.15) is 0 Å². The van der Waals surface area contributed by atoms with Crippen molar-refractivity contribution in [3.05, 3.63) is 40.7 Å². The number of aromatic nitrogens is 2. The first-order valence-corrected chi connectivity index (χ1v) is 7.25. The number of furan rings is 1. The smallest absolute Gasteiger partial charge is 0.154 e. The number of halogens is 1. The van der Waals surface area contributed by atoms with Gasteiger partial charge in [0.15, 0.2) is 5.76 Å². The van der Waals surface area contributed by atoms with Crippen molar-refractivity contribution in [2.24, 2.45) is 0 Å². The summed E-state index contributed by atoms with van der Waals surface area (Å²) in [6.45, 7) is 4.02. The normalized spacial score (nSPS) is 11.0. The molecule has 21 heavy (non-hydrogen) atoms. The van der Waals surface area contributed by atoms with Crippen molar-refractivity contribution in [3.63, 3.8) is 0 Å². The highest BCUT2D eigenvalue weighted by atomic mass is 35.5. The minimum Gasteiger partial charge on any atom is -0.454 e. The SMILES string of the molecule is CCc1nc(NC)c(C)c(-c2cc3cc(Cl)ccc3o2)n1.